The van der Waals surface area contributed by atoms with Gasteiger partial charge in [0.1, 0.15) is 12.1 Å². The van der Waals surface area contributed by atoms with E-state index in [0.717, 1.165) is 12.1 Å². The van der Waals surface area contributed by atoms with Gasteiger partial charge in [-0.05, 0) is 13.0 Å². The van der Waals surface area contributed by atoms with Crippen molar-refractivity contribution in [3.05, 3.63) is 39.2 Å². The van der Waals surface area contributed by atoms with Crippen molar-refractivity contribution in [3.8, 4) is 11.8 Å². The van der Waals surface area contributed by atoms with Crippen LogP contribution in [0, 0.1) is 34.7 Å². The van der Waals surface area contributed by atoms with E-state index in [9.17, 15) is 19.3 Å². The van der Waals surface area contributed by atoms with E-state index in [4.69, 9.17) is 0 Å². The molecule has 0 amide bonds. The number of aldehydes is 1. The Labute approximate surface area is 91.2 Å². The molecule has 1 aromatic rings. The lowest BCUT2D eigenvalue weighted by Gasteiger charge is -1.99. The summed E-state index contributed by atoms with van der Waals surface area (Å²) in [7, 11) is 0. The second-order valence-electron chi connectivity index (χ2n) is 3.05. The number of rotatable bonds is 2. The number of hydrogen-bond donors (Lipinski definition) is 0. The van der Waals surface area contributed by atoms with Gasteiger partial charge in [0.2, 0.25) is 0 Å². The first-order valence-electron chi connectivity index (χ1n) is 4.43. The lowest BCUT2D eigenvalue weighted by atomic mass is 10.1. The fourth-order valence-electron chi connectivity index (χ4n) is 1.14. The fraction of sp³-hybridized carbons (Fsp3) is 0.182. The Morgan fingerprint density at radius 3 is 2.81 bits per heavy atom. The second kappa shape index (κ2) is 5.03. The normalized spacial score (nSPS) is 9.12. The lowest BCUT2D eigenvalue weighted by Crippen LogP contribution is -1.95. The van der Waals surface area contributed by atoms with Gasteiger partial charge in [-0.25, -0.2) is 4.39 Å². The zero-order valence-electron chi connectivity index (χ0n) is 8.49. The standard InChI is InChI=1S/C11H8FNO3/c1-8-6-10(12)9(4-2-3-5-14)7-11(8)13(15)16/h5-7H,3H2,1H3. The van der Waals surface area contributed by atoms with Crippen molar-refractivity contribution in [1.82, 2.24) is 0 Å². The maximum atomic E-state index is 13.3. The van der Waals surface area contributed by atoms with E-state index in [-0.39, 0.29) is 23.2 Å². The summed E-state index contributed by atoms with van der Waals surface area (Å²) in [6, 6.07) is 2.13. The minimum Gasteiger partial charge on any atom is -0.302 e. The molecule has 1 rings (SSSR count). The maximum absolute atomic E-state index is 13.3. The van der Waals surface area contributed by atoms with Crippen LogP contribution in [0.2, 0.25) is 0 Å². The Morgan fingerprint density at radius 1 is 1.56 bits per heavy atom. The van der Waals surface area contributed by atoms with Gasteiger partial charge >= 0.3 is 0 Å². The van der Waals surface area contributed by atoms with Crippen molar-refractivity contribution in [2.75, 3.05) is 0 Å². The molecule has 0 aliphatic rings. The van der Waals surface area contributed by atoms with Crippen molar-refractivity contribution in [1.29, 1.82) is 0 Å². The zero-order valence-corrected chi connectivity index (χ0v) is 8.49. The van der Waals surface area contributed by atoms with Crippen LogP contribution in [0.15, 0.2) is 12.1 Å². The van der Waals surface area contributed by atoms with E-state index in [1.807, 2.05) is 0 Å². The van der Waals surface area contributed by atoms with Gasteiger partial charge in [-0.1, -0.05) is 11.8 Å². The molecule has 0 aliphatic carbocycles. The van der Waals surface area contributed by atoms with Crippen LogP contribution < -0.4 is 0 Å². The number of carbonyl (C=O) groups is 1. The van der Waals surface area contributed by atoms with Gasteiger partial charge in [0.05, 0.1) is 16.9 Å². The second-order valence-corrected chi connectivity index (χ2v) is 3.05. The van der Waals surface area contributed by atoms with E-state index < -0.39 is 10.7 Å². The van der Waals surface area contributed by atoms with E-state index in [1.165, 1.54) is 6.92 Å². The Hall–Kier alpha value is -2.22. The molecule has 0 spiro atoms. The largest absolute Gasteiger partial charge is 0.302 e. The molecule has 16 heavy (non-hydrogen) atoms. The molecule has 0 saturated carbocycles. The van der Waals surface area contributed by atoms with Crippen LogP contribution in [-0.4, -0.2) is 11.2 Å². The zero-order chi connectivity index (χ0) is 12.1. The van der Waals surface area contributed by atoms with Gasteiger partial charge in [0.25, 0.3) is 5.69 Å². The van der Waals surface area contributed by atoms with Crippen LogP contribution in [0.5, 0.6) is 0 Å². The molecule has 0 atom stereocenters. The Morgan fingerprint density at radius 2 is 2.25 bits per heavy atom. The Bertz CT molecular complexity index is 500. The lowest BCUT2D eigenvalue weighted by molar-refractivity contribution is -0.385. The summed E-state index contributed by atoms with van der Waals surface area (Å²) in [5.74, 6) is 4.15. The molecule has 82 valence electrons. The summed E-state index contributed by atoms with van der Waals surface area (Å²) in [4.78, 5) is 20.0. The minimum atomic E-state index is -0.624. The van der Waals surface area contributed by atoms with Crippen molar-refractivity contribution >= 4 is 12.0 Å². The van der Waals surface area contributed by atoms with Gasteiger partial charge in [0.15, 0.2) is 0 Å². The Balaban J connectivity index is 3.21. The molecule has 0 fully saturated rings. The third kappa shape index (κ3) is 2.64. The Kier molecular flexibility index (Phi) is 3.72. The van der Waals surface area contributed by atoms with E-state index in [0.29, 0.717) is 6.29 Å². The van der Waals surface area contributed by atoms with Gasteiger partial charge in [0, 0.05) is 11.6 Å². The van der Waals surface area contributed by atoms with Gasteiger partial charge < -0.3 is 4.79 Å². The molecule has 0 unspecified atom stereocenters. The number of halogens is 1. The molecule has 0 bridgehead atoms. The molecular weight excluding hydrogens is 213 g/mol. The number of hydrogen-bond acceptors (Lipinski definition) is 3. The van der Waals surface area contributed by atoms with Crippen LogP contribution in [0.3, 0.4) is 0 Å². The summed E-state index contributed by atoms with van der Waals surface area (Å²) in [6.45, 7) is 1.45. The molecule has 0 heterocycles. The van der Waals surface area contributed by atoms with Crippen molar-refractivity contribution in [3.63, 3.8) is 0 Å². The average molecular weight is 221 g/mol. The predicted molar refractivity (Wildman–Crippen MR) is 55.4 cm³/mol. The van der Waals surface area contributed by atoms with E-state index in [1.54, 1.807) is 0 Å². The van der Waals surface area contributed by atoms with Crippen molar-refractivity contribution in [2.24, 2.45) is 0 Å². The van der Waals surface area contributed by atoms with Crippen LogP contribution >= 0.6 is 0 Å². The molecule has 0 radical (unpaired) electrons. The van der Waals surface area contributed by atoms with Crippen molar-refractivity contribution < 1.29 is 14.1 Å². The molecular formula is C11H8FNO3. The highest BCUT2D eigenvalue weighted by molar-refractivity contribution is 5.56. The highest BCUT2D eigenvalue weighted by atomic mass is 19.1. The monoisotopic (exact) mass is 221 g/mol. The molecule has 0 aliphatic heterocycles. The third-order valence-corrected chi connectivity index (χ3v) is 1.89. The van der Waals surface area contributed by atoms with E-state index >= 15 is 0 Å². The van der Waals surface area contributed by atoms with Crippen LogP contribution in [0.1, 0.15) is 17.5 Å². The highest BCUT2D eigenvalue weighted by Gasteiger charge is 2.14. The van der Waals surface area contributed by atoms with Crippen molar-refractivity contribution in [2.45, 2.75) is 13.3 Å². The molecule has 0 saturated heterocycles. The quantitative estimate of drug-likeness (QED) is 0.332. The number of nitrogens with zero attached hydrogens (tertiary/aromatic N) is 1. The summed E-state index contributed by atoms with van der Waals surface area (Å²) in [5.41, 5.74) is -0.0145. The summed E-state index contributed by atoms with van der Waals surface area (Å²) in [5, 5.41) is 10.6. The topological polar surface area (TPSA) is 60.2 Å². The third-order valence-electron chi connectivity index (χ3n) is 1.89. The first-order valence-corrected chi connectivity index (χ1v) is 4.43. The summed E-state index contributed by atoms with van der Waals surface area (Å²) >= 11 is 0. The van der Waals surface area contributed by atoms with Crippen LogP contribution in [0.25, 0.3) is 0 Å². The van der Waals surface area contributed by atoms with Gasteiger partial charge in [-0.2, -0.15) is 0 Å². The summed E-state index contributed by atoms with van der Waals surface area (Å²) in [6.07, 6.45) is 0.550. The minimum absolute atomic E-state index is 0.0267. The number of aryl methyl sites for hydroxylation is 1. The SMILES string of the molecule is Cc1cc(F)c(C#CCC=O)cc1[N+](=O)[O-]. The van der Waals surface area contributed by atoms with Gasteiger partial charge in [-0.15, -0.1) is 0 Å². The average Bonchev–Trinajstić information content (AvgIpc) is 2.21. The predicted octanol–water partition coefficient (Wildman–Crippen LogP) is 1.98. The van der Waals surface area contributed by atoms with Gasteiger partial charge in [-0.3, -0.25) is 10.1 Å². The molecule has 0 N–H and O–H groups in total. The van der Waals surface area contributed by atoms with E-state index in [2.05, 4.69) is 11.8 Å². The highest BCUT2D eigenvalue weighted by Crippen LogP contribution is 2.21. The fourth-order valence-corrected chi connectivity index (χ4v) is 1.14. The molecule has 0 aromatic heterocycles. The first kappa shape index (κ1) is 11.9. The maximum Gasteiger partial charge on any atom is 0.273 e. The first-order chi connectivity index (χ1) is 7.56. The number of nitro benzene ring substituents is 1. The molecule has 5 heteroatoms. The van der Waals surface area contributed by atoms with Crippen LogP contribution in [0.4, 0.5) is 10.1 Å². The number of carbonyl (C=O) groups excluding carboxylic acids is 1. The smallest absolute Gasteiger partial charge is 0.273 e. The number of nitro groups is 1. The molecule has 1 aromatic carbocycles. The summed E-state index contributed by atoms with van der Waals surface area (Å²) < 4.78 is 13.3. The number of benzene rings is 1. The van der Waals surface area contributed by atoms with Crippen LogP contribution in [-0.2, 0) is 4.79 Å². The molecule has 4 nitrogen and oxygen atoms in total.